The topological polar surface area (TPSA) is 26.3 Å². The zero-order chi connectivity index (χ0) is 14.2. The van der Waals surface area contributed by atoms with Crippen LogP contribution in [0.4, 0.5) is 0 Å². The Kier molecular flexibility index (Phi) is 16.6. The van der Waals surface area contributed by atoms with Gasteiger partial charge in [0, 0.05) is 6.92 Å². The number of benzene rings is 1. The molecule has 1 aromatic carbocycles. The lowest BCUT2D eigenvalue weighted by Gasteiger charge is -1.99. The summed E-state index contributed by atoms with van der Waals surface area (Å²) in [7, 11) is 0. The summed E-state index contributed by atoms with van der Waals surface area (Å²) in [6.45, 7) is 10.2. The Morgan fingerprint density at radius 3 is 1.89 bits per heavy atom. The van der Waals surface area contributed by atoms with Gasteiger partial charge in [-0.25, -0.2) is 0 Å². The second-order valence-electron chi connectivity index (χ2n) is 3.62. The first-order valence-corrected chi connectivity index (χ1v) is 6.88. The quantitative estimate of drug-likeness (QED) is 0.707. The van der Waals surface area contributed by atoms with Crippen LogP contribution in [0.5, 0.6) is 0 Å². The highest BCUT2D eigenvalue weighted by Gasteiger charge is 1.93. The summed E-state index contributed by atoms with van der Waals surface area (Å²) in [5.41, 5.74) is 1.02. The third-order valence-electron chi connectivity index (χ3n) is 1.99. The Labute approximate surface area is 112 Å². The molecule has 0 N–H and O–H groups in total. The van der Waals surface area contributed by atoms with Crippen LogP contribution in [0.3, 0.4) is 0 Å². The van der Waals surface area contributed by atoms with Crippen molar-refractivity contribution in [2.45, 2.75) is 60.5 Å². The van der Waals surface area contributed by atoms with Crippen molar-refractivity contribution in [1.29, 1.82) is 0 Å². The number of hydrogen-bond donors (Lipinski definition) is 0. The fraction of sp³-hybridized carbons (Fsp3) is 0.562. The van der Waals surface area contributed by atoms with Crippen molar-refractivity contribution in [2.24, 2.45) is 0 Å². The van der Waals surface area contributed by atoms with E-state index in [4.69, 9.17) is 4.74 Å². The molecule has 0 saturated carbocycles. The van der Waals surface area contributed by atoms with Gasteiger partial charge >= 0.3 is 5.97 Å². The molecule has 1 aromatic rings. The van der Waals surface area contributed by atoms with E-state index < -0.39 is 0 Å². The van der Waals surface area contributed by atoms with E-state index in [-0.39, 0.29) is 5.97 Å². The summed E-state index contributed by atoms with van der Waals surface area (Å²) in [5, 5.41) is 0. The third-order valence-corrected chi connectivity index (χ3v) is 1.99. The molecule has 0 heterocycles. The van der Waals surface area contributed by atoms with Gasteiger partial charge in [-0.15, -0.1) is 0 Å². The van der Waals surface area contributed by atoms with E-state index in [1.54, 1.807) is 0 Å². The van der Waals surface area contributed by atoms with Crippen molar-refractivity contribution in [2.75, 3.05) is 0 Å². The molecule has 0 radical (unpaired) electrons. The summed E-state index contributed by atoms with van der Waals surface area (Å²) >= 11 is 0. The predicted molar refractivity (Wildman–Crippen MR) is 78.5 cm³/mol. The molecule has 0 amide bonds. The van der Waals surface area contributed by atoms with Crippen molar-refractivity contribution < 1.29 is 9.53 Å². The number of ether oxygens (including phenoxy) is 1. The molecular weight excluding hydrogens is 224 g/mol. The van der Waals surface area contributed by atoms with Gasteiger partial charge in [-0.05, 0) is 5.56 Å². The number of carbonyl (C=O) groups is 1. The SMILES string of the molecule is CC.CC(=O)OCc1ccccc1.CCCCC. The Hall–Kier alpha value is -1.31. The highest BCUT2D eigenvalue weighted by Crippen LogP contribution is 1.99. The van der Waals surface area contributed by atoms with E-state index in [1.165, 1.54) is 26.2 Å². The lowest BCUT2D eigenvalue weighted by molar-refractivity contribution is -0.142. The standard InChI is InChI=1S/C9H10O2.C5H12.C2H6/c1-8(10)11-7-9-5-3-2-4-6-9;1-3-5-4-2;1-2/h2-6H,7H2,1H3;3-5H2,1-2H3;1-2H3. The molecule has 0 unspecified atom stereocenters. The molecule has 0 saturated heterocycles. The van der Waals surface area contributed by atoms with Crippen LogP contribution in [0.25, 0.3) is 0 Å². The molecule has 0 spiro atoms. The Bertz CT molecular complexity index is 266. The van der Waals surface area contributed by atoms with Crippen molar-refractivity contribution in [3.8, 4) is 0 Å². The van der Waals surface area contributed by atoms with E-state index >= 15 is 0 Å². The molecule has 0 fully saturated rings. The number of rotatable bonds is 4. The fourth-order valence-corrected chi connectivity index (χ4v) is 1.11. The van der Waals surface area contributed by atoms with E-state index in [0.717, 1.165) is 5.56 Å². The molecule has 2 nitrogen and oxygen atoms in total. The molecule has 0 aliphatic rings. The smallest absolute Gasteiger partial charge is 0.302 e. The van der Waals surface area contributed by atoms with E-state index in [2.05, 4.69) is 13.8 Å². The summed E-state index contributed by atoms with van der Waals surface area (Å²) in [5.74, 6) is -0.242. The normalized spacial score (nSPS) is 8.28. The third kappa shape index (κ3) is 14.7. The van der Waals surface area contributed by atoms with Gasteiger partial charge in [0.1, 0.15) is 6.61 Å². The van der Waals surface area contributed by atoms with Crippen molar-refractivity contribution in [1.82, 2.24) is 0 Å². The Morgan fingerprint density at radius 2 is 1.56 bits per heavy atom. The van der Waals surface area contributed by atoms with Crippen LogP contribution in [-0.4, -0.2) is 5.97 Å². The number of carbonyl (C=O) groups excluding carboxylic acids is 1. The van der Waals surface area contributed by atoms with Crippen LogP contribution in [0.15, 0.2) is 30.3 Å². The predicted octanol–water partition coefficient (Wildman–Crippen LogP) is 4.97. The number of esters is 1. The van der Waals surface area contributed by atoms with Gasteiger partial charge in [0.05, 0.1) is 0 Å². The lowest BCUT2D eigenvalue weighted by Crippen LogP contribution is -1.97. The van der Waals surface area contributed by atoms with E-state index in [9.17, 15) is 4.79 Å². The van der Waals surface area contributed by atoms with Crippen LogP contribution < -0.4 is 0 Å². The minimum absolute atomic E-state index is 0.242. The molecule has 0 aliphatic carbocycles. The molecule has 18 heavy (non-hydrogen) atoms. The van der Waals surface area contributed by atoms with Crippen LogP contribution in [-0.2, 0) is 16.1 Å². The van der Waals surface area contributed by atoms with Gasteiger partial charge in [0.2, 0.25) is 0 Å². The lowest BCUT2D eigenvalue weighted by atomic mass is 10.2. The maximum absolute atomic E-state index is 10.4. The molecule has 0 aliphatic heterocycles. The van der Waals surface area contributed by atoms with Crippen LogP contribution >= 0.6 is 0 Å². The zero-order valence-electron chi connectivity index (χ0n) is 12.5. The molecule has 0 aromatic heterocycles. The Balaban J connectivity index is 0. The van der Waals surface area contributed by atoms with Crippen LogP contribution in [0.2, 0.25) is 0 Å². The number of unbranched alkanes of at least 4 members (excludes halogenated alkanes) is 2. The molecule has 1 rings (SSSR count). The molecule has 104 valence electrons. The fourth-order valence-electron chi connectivity index (χ4n) is 1.11. The first kappa shape index (κ1) is 19.0. The number of hydrogen-bond acceptors (Lipinski definition) is 2. The van der Waals surface area contributed by atoms with Crippen molar-refractivity contribution >= 4 is 5.97 Å². The summed E-state index contributed by atoms with van der Waals surface area (Å²) in [6, 6.07) is 9.60. The van der Waals surface area contributed by atoms with Crippen LogP contribution in [0.1, 0.15) is 59.4 Å². The zero-order valence-corrected chi connectivity index (χ0v) is 12.5. The van der Waals surface area contributed by atoms with Crippen molar-refractivity contribution in [3.63, 3.8) is 0 Å². The minimum Gasteiger partial charge on any atom is -0.461 e. The van der Waals surface area contributed by atoms with Gasteiger partial charge in [0.15, 0.2) is 0 Å². The van der Waals surface area contributed by atoms with Gasteiger partial charge < -0.3 is 4.74 Å². The van der Waals surface area contributed by atoms with Gasteiger partial charge in [-0.2, -0.15) is 0 Å². The van der Waals surface area contributed by atoms with E-state index in [0.29, 0.717) is 6.61 Å². The average molecular weight is 252 g/mol. The second kappa shape index (κ2) is 15.7. The highest BCUT2D eigenvalue weighted by molar-refractivity contribution is 5.65. The maximum Gasteiger partial charge on any atom is 0.302 e. The maximum atomic E-state index is 10.4. The molecule has 2 heteroatoms. The molecule has 0 bridgehead atoms. The summed E-state index contributed by atoms with van der Waals surface area (Å²) in [4.78, 5) is 10.4. The summed E-state index contributed by atoms with van der Waals surface area (Å²) < 4.78 is 4.79. The minimum atomic E-state index is -0.242. The Morgan fingerprint density at radius 1 is 1.06 bits per heavy atom. The monoisotopic (exact) mass is 252 g/mol. The first-order chi connectivity index (χ1) is 8.70. The van der Waals surface area contributed by atoms with Crippen LogP contribution in [0, 0.1) is 0 Å². The van der Waals surface area contributed by atoms with Crippen molar-refractivity contribution in [3.05, 3.63) is 35.9 Å². The molecular formula is C16H28O2. The second-order valence-corrected chi connectivity index (χ2v) is 3.62. The van der Waals surface area contributed by atoms with E-state index in [1.807, 2.05) is 44.2 Å². The van der Waals surface area contributed by atoms with Gasteiger partial charge in [-0.1, -0.05) is 77.3 Å². The summed E-state index contributed by atoms with van der Waals surface area (Å²) in [6.07, 6.45) is 4.08. The van der Waals surface area contributed by atoms with Gasteiger partial charge in [-0.3, -0.25) is 4.79 Å². The average Bonchev–Trinajstić information content (AvgIpc) is 2.41. The highest BCUT2D eigenvalue weighted by atomic mass is 16.5. The first-order valence-electron chi connectivity index (χ1n) is 6.88. The molecule has 0 atom stereocenters. The van der Waals surface area contributed by atoms with Gasteiger partial charge in [0.25, 0.3) is 0 Å². The largest absolute Gasteiger partial charge is 0.461 e.